The Morgan fingerprint density at radius 3 is 2.67 bits per heavy atom. The van der Waals surface area contributed by atoms with Gasteiger partial charge >= 0.3 is 0 Å². The molecule has 1 aromatic heterocycles. The number of rotatable bonds is 4. The number of thiophene rings is 1. The van der Waals surface area contributed by atoms with Gasteiger partial charge in [0.2, 0.25) is 0 Å². The first kappa shape index (κ1) is 14.1. The van der Waals surface area contributed by atoms with Gasteiger partial charge in [-0.15, -0.1) is 11.3 Å². The third-order valence-electron chi connectivity index (χ3n) is 2.88. The Morgan fingerprint density at radius 2 is 2.11 bits per heavy atom. The highest BCUT2D eigenvalue weighted by Gasteiger charge is 2.15. The summed E-state index contributed by atoms with van der Waals surface area (Å²) in [4.78, 5) is 2.74. The zero-order valence-corrected chi connectivity index (χ0v) is 13.5. The SMILES string of the molecule is CCc1ccc(C(NC)c2ccc(Br)c(Cl)c2)s1. The van der Waals surface area contributed by atoms with Crippen LogP contribution in [0.5, 0.6) is 0 Å². The van der Waals surface area contributed by atoms with Crippen molar-refractivity contribution in [2.75, 3.05) is 7.05 Å². The molecule has 1 aromatic carbocycles. The molecule has 1 N–H and O–H groups in total. The monoisotopic (exact) mass is 343 g/mol. The van der Waals surface area contributed by atoms with Crippen LogP contribution in [0.25, 0.3) is 0 Å². The van der Waals surface area contributed by atoms with Crippen LogP contribution in [0.15, 0.2) is 34.8 Å². The molecule has 4 heteroatoms. The van der Waals surface area contributed by atoms with E-state index in [0.717, 1.165) is 15.9 Å². The lowest BCUT2D eigenvalue weighted by atomic mass is 10.1. The Hall–Kier alpha value is -0.350. The summed E-state index contributed by atoms with van der Waals surface area (Å²) in [5.74, 6) is 0. The van der Waals surface area contributed by atoms with Crippen molar-refractivity contribution in [3.8, 4) is 0 Å². The molecule has 0 amide bonds. The van der Waals surface area contributed by atoms with E-state index in [9.17, 15) is 0 Å². The lowest BCUT2D eigenvalue weighted by Gasteiger charge is -2.15. The summed E-state index contributed by atoms with van der Waals surface area (Å²) in [5.41, 5.74) is 1.19. The minimum absolute atomic E-state index is 0.209. The first-order valence-electron chi connectivity index (χ1n) is 5.86. The van der Waals surface area contributed by atoms with Crippen molar-refractivity contribution in [3.05, 3.63) is 55.1 Å². The molecule has 2 aromatic rings. The Balaban J connectivity index is 2.35. The van der Waals surface area contributed by atoms with Crippen LogP contribution in [-0.2, 0) is 6.42 Å². The number of halogens is 2. The molecule has 1 unspecified atom stereocenters. The number of nitrogens with one attached hydrogen (secondary N) is 1. The van der Waals surface area contributed by atoms with Crippen molar-refractivity contribution in [3.63, 3.8) is 0 Å². The fourth-order valence-electron chi connectivity index (χ4n) is 1.90. The zero-order chi connectivity index (χ0) is 13.1. The second-order valence-electron chi connectivity index (χ2n) is 4.05. The first-order chi connectivity index (χ1) is 8.65. The average molecular weight is 345 g/mol. The van der Waals surface area contributed by atoms with Crippen molar-refractivity contribution < 1.29 is 0 Å². The lowest BCUT2D eigenvalue weighted by molar-refractivity contribution is 0.704. The van der Waals surface area contributed by atoms with E-state index in [2.05, 4.69) is 46.4 Å². The molecule has 1 nitrogen and oxygen atoms in total. The van der Waals surface area contributed by atoms with Crippen molar-refractivity contribution in [2.24, 2.45) is 0 Å². The molecule has 0 bridgehead atoms. The van der Waals surface area contributed by atoms with E-state index in [0.29, 0.717) is 0 Å². The van der Waals surface area contributed by atoms with Gasteiger partial charge < -0.3 is 5.32 Å². The van der Waals surface area contributed by atoms with Crippen molar-refractivity contribution in [2.45, 2.75) is 19.4 Å². The maximum absolute atomic E-state index is 6.16. The fourth-order valence-corrected chi connectivity index (χ4v) is 3.43. The summed E-state index contributed by atoms with van der Waals surface area (Å²) < 4.78 is 0.934. The van der Waals surface area contributed by atoms with E-state index in [-0.39, 0.29) is 6.04 Å². The lowest BCUT2D eigenvalue weighted by Crippen LogP contribution is -2.16. The third-order valence-corrected chi connectivity index (χ3v) is 5.41. The van der Waals surface area contributed by atoms with E-state index >= 15 is 0 Å². The Labute approximate surface area is 125 Å². The van der Waals surface area contributed by atoms with E-state index in [1.54, 1.807) is 0 Å². The van der Waals surface area contributed by atoms with Crippen LogP contribution in [0, 0.1) is 0 Å². The molecule has 0 saturated heterocycles. The van der Waals surface area contributed by atoms with Crippen LogP contribution in [-0.4, -0.2) is 7.05 Å². The van der Waals surface area contributed by atoms with Crippen molar-refractivity contribution in [1.29, 1.82) is 0 Å². The van der Waals surface area contributed by atoms with Gasteiger partial charge in [0.15, 0.2) is 0 Å². The van der Waals surface area contributed by atoms with Crippen LogP contribution < -0.4 is 5.32 Å². The highest BCUT2D eigenvalue weighted by atomic mass is 79.9. The van der Waals surface area contributed by atoms with Crippen molar-refractivity contribution >= 4 is 38.9 Å². The van der Waals surface area contributed by atoms with Gasteiger partial charge in [0, 0.05) is 14.2 Å². The van der Waals surface area contributed by atoms with Crippen LogP contribution in [0.2, 0.25) is 5.02 Å². The van der Waals surface area contributed by atoms with Gasteiger partial charge in [0.05, 0.1) is 11.1 Å². The topological polar surface area (TPSA) is 12.0 Å². The molecular weight excluding hydrogens is 330 g/mol. The third kappa shape index (κ3) is 2.97. The maximum Gasteiger partial charge on any atom is 0.0669 e. The number of hydrogen-bond donors (Lipinski definition) is 1. The van der Waals surface area contributed by atoms with Gasteiger partial charge in [-0.05, 0) is 59.2 Å². The Morgan fingerprint density at radius 1 is 1.33 bits per heavy atom. The van der Waals surface area contributed by atoms with E-state index < -0.39 is 0 Å². The van der Waals surface area contributed by atoms with Gasteiger partial charge in [-0.25, -0.2) is 0 Å². The van der Waals surface area contributed by atoms with Gasteiger partial charge in [0.25, 0.3) is 0 Å². The molecule has 2 rings (SSSR count). The van der Waals surface area contributed by atoms with Crippen LogP contribution >= 0.6 is 38.9 Å². The van der Waals surface area contributed by atoms with E-state index in [1.807, 2.05) is 30.5 Å². The molecule has 0 spiro atoms. The Bertz CT molecular complexity index is 538. The van der Waals surface area contributed by atoms with E-state index in [4.69, 9.17) is 11.6 Å². The summed E-state index contributed by atoms with van der Waals surface area (Å²) in [5, 5.41) is 4.11. The highest BCUT2D eigenvalue weighted by Crippen LogP contribution is 2.32. The van der Waals surface area contributed by atoms with Gasteiger partial charge in [0.1, 0.15) is 0 Å². The normalized spacial score (nSPS) is 12.7. The zero-order valence-electron chi connectivity index (χ0n) is 10.3. The average Bonchev–Trinajstić information content (AvgIpc) is 2.83. The minimum atomic E-state index is 0.209. The number of benzene rings is 1. The molecule has 0 radical (unpaired) electrons. The molecule has 1 heterocycles. The molecule has 0 aliphatic rings. The standard InChI is InChI=1S/C14H15BrClNS/c1-3-10-5-7-13(18-10)14(17-2)9-4-6-11(15)12(16)8-9/h4-8,14,17H,3H2,1-2H3. The number of aryl methyl sites for hydroxylation is 1. The van der Waals surface area contributed by atoms with E-state index in [1.165, 1.54) is 15.3 Å². The predicted octanol–water partition coefficient (Wildman–Crippen LogP) is 5.04. The molecule has 0 aliphatic heterocycles. The fraction of sp³-hybridized carbons (Fsp3) is 0.286. The van der Waals surface area contributed by atoms with Gasteiger partial charge in [-0.1, -0.05) is 24.6 Å². The molecule has 0 saturated carbocycles. The molecular formula is C14H15BrClNS. The second-order valence-corrected chi connectivity index (χ2v) is 6.51. The largest absolute Gasteiger partial charge is 0.309 e. The smallest absolute Gasteiger partial charge is 0.0669 e. The van der Waals surface area contributed by atoms with Gasteiger partial charge in [-0.2, -0.15) is 0 Å². The molecule has 0 aliphatic carbocycles. The summed E-state index contributed by atoms with van der Waals surface area (Å²) in [6, 6.07) is 10.7. The predicted molar refractivity (Wildman–Crippen MR) is 83.8 cm³/mol. The molecule has 0 fully saturated rings. The minimum Gasteiger partial charge on any atom is -0.309 e. The summed E-state index contributed by atoms with van der Waals surface area (Å²) in [6.07, 6.45) is 1.09. The van der Waals surface area contributed by atoms with Crippen LogP contribution in [0.1, 0.15) is 28.3 Å². The van der Waals surface area contributed by atoms with Crippen LogP contribution in [0.4, 0.5) is 0 Å². The summed E-state index contributed by atoms with van der Waals surface area (Å²) >= 11 is 11.4. The molecule has 96 valence electrons. The Kier molecular flexibility index (Phi) is 4.84. The molecule has 18 heavy (non-hydrogen) atoms. The first-order valence-corrected chi connectivity index (χ1v) is 7.85. The second kappa shape index (κ2) is 6.20. The summed E-state index contributed by atoms with van der Waals surface area (Å²) in [6.45, 7) is 2.18. The highest BCUT2D eigenvalue weighted by molar-refractivity contribution is 9.10. The molecule has 1 atom stereocenters. The van der Waals surface area contributed by atoms with Crippen LogP contribution in [0.3, 0.4) is 0 Å². The van der Waals surface area contributed by atoms with Crippen molar-refractivity contribution in [1.82, 2.24) is 5.32 Å². The summed E-state index contributed by atoms with van der Waals surface area (Å²) in [7, 11) is 1.98. The quantitative estimate of drug-likeness (QED) is 0.819. The maximum atomic E-state index is 6.16. The number of hydrogen-bond acceptors (Lipinski definition) is 2. The van der Waals surface area contributed by atoms with Gasteiger partial charge in [-0.3, -0.25) is 0 Å².